The van der Waals surface area contributed by atoms with Crippen molar-refractivity contribution >= 4 is 11.8 Å². The first-order valence-corrected chi connectivity index (χ1v) is 5.72. The lowest BCUT2D eigenvalue weighted by atomic mass is 9.96. The smallest absolute Gasteiger partial charge is 0.249 e. The molecule has 2 aliphatic rings. The second kappa shape index (κ2) is 4.17. The van der Waals surface area contributed by atoms with E-state index < -0.39 is 5.54 Å². The predicted molar refractivity (Wildman–Crippen MR) is 59.4 cm³/mol. The fourth-order valence-electron chi connectivity index (χ4n) is 2.60. The molecule has 2 fully saturated rings. The summed E-state index contributed by atoms with van der Waals surface area (Å²) in [5.41, 5.74) is -0.648. The van der Waals surface area contributed by atoms with Crippen molar-refractivity contribution in [2.75, 3.05) is 13.1 Å². The summed E-state index contributed by atoms with van der Waals surface area (Å²) in [6, 6.07) is 0. The molecule has 1 N–H and O–H groups in total. The molecular formula is C12H16N2O2. The Morgan fingerprint density at radius 1 is 1.38 bits per heavy atom. The van der Waals surface area contributed by atoms with Crippen LogP contribution in [0.2, 0.25) is 0 Å². The molecule has 0 bridgehead atoms. The third-order valence-electron chi connectivity index (χ3n) is 3.42. The van der Waals surface area contributed by atoms with Crippen LogP contribution in [-0.4, -0.2) is 35.3 Å². The van der Waals surface area contributed by atoms with E-state index in [4.69, 9.17) is 6.42 Å². The summed E-state index contributed by atoms with van der Waals surface area (Å²) in [6.45, 7) is 0.742. The van der Waals surface area contributed by atoms with Crippen LogP contribution in [-0.2, 0) is 9.59 Å². The molecule has 86 valence electrons. The molecule has 2 amide bonds. The average Bonchev–Trinajstić information content (AvgIpc) is 2.68. The van der Waals surface area contributed by atoms with E-state index in [1.54, 1.807) is 4.90 Å². The van der Waals surface area contributed by atoms with Gasteiger partial charge in [0.25, 0.3) is 0 Å². The van der Waals surface area contributed by atoms with E-state index in [9.17, 15) is 9.59 Å². The number of amides is 2. The van der Waals surface area contributed by atoms with Crippen LogP contribution in [0.1, 0.15) is 32.1 Å². The molecule has 0 aromatic heterocycles. The summed E-state index contributed by atoms with van der Waals surface area (Å²) in [5, 5.41) is 2.89. The Bertz CT molecular complexity index is 351. The van der Waals surface area contributed by atoms with Gasteiger partial charge in [-0.15, -0.1) is 6.42 Å². The molecule has 1 heterocycles. The Labute approximate surface area is 95.4 Å². The number of rotatable bonds is 1. The monoisotopic (exact) mass is 220 g/mol. The molecule has 1 aliphatic heterocycles. The molecule has 4 heteroatoms. The van der Waals surface area contributed by atoms with Crippen molar-refractivity contribution in [3.05, 3.63) is 0 Å². The lowest BCUT2D eigenvalue weighted by molar-refractivity contribution is -0.138. The van der Waals surface area contributed by atoms with Gasteiger partial charge in [-0.05, 0) is 12.8 Å². The van der Waals surface area contributed by atoms with Crippen molar-refractivity contribution in [1.82, 2.24) is 10.2 Å². The zero-order valence-corrected chi connectivity index (χ0v) is 9.29. The number of hydrogen-bond donors (Lipinski definition) is 1. The van der Waals surface area contributed by atoms with Gasteiger partial charge in [0, 0.05) is 13.0 Å². The molecule has 2 rings (SSSR count). The average molecular weight is 220 g/mol. The van der Waals surface area contributed by atoms with Crippen molar-refractivity contribution < 1.29 is 9.59 Å². The fraction of sp³-hybridized carbons (Fsp3) is 0.667. The van der Waals surface area contributed by atoms with Crippen LogP contribution >= 0.6 is 0 Å². The quantitative estimate of drug-likeness (QED) is 0.645. The molecule has 1 saturated carbocycles. The van der Waals surface area contributed by atoms with E-state index in [1.165, 1.54) is 0 Å². The second-order valence-electron chi connectivity index (χ2n) is 4.52. The summed E-state index contributed by atoms with van der Waals surface area (Å²) in [7, 11) is 0. The van der Waals surface area contributed by atoms with E-state index in [-0.39, 0.29) is 11.8 Å². The third kappa shape index (κ3) is 1.78. The van der Waals surface area contributed by atoms with Gasteiger partial charge in [-0.3, -0.25) is 9.59 Å². The molecule has 0 atom stereocenters. The van der Waals surface area contributed by atoms with Crippen molar-refractivity contribution in [2.24, 2.45) is 0 Å². The lowest BCUT2D eigenvalue weighted by Crippen LogP contribution is -2.55. The number of terminal acetylenes is 1. The zero-order chi connectivity index (χ0) is 11.6. The molecule has 1 spiro atoms. The van der Waals surface area contributed by atoms with Gasteiger partial charge in [-0.25, -0.2) is 0 Å². The van der Waals surface area contributed by atoms with Gasteiger partial charge < -0.3 is 10.2 Å². The third-order valence-corrected chi connectivity index (χ3v) is 3.42. The minimum absolute atomic E-state index is 0.00815. The standard InChI is InChI=1S/C12H16N2O2/c1-2-8-14-9-5-10(15)13-12(11(14)16)6-3-4-7-12/h1H,3-9H2,(H,13,15). The maximum absolute atomic E-state index is 12.3. The molecular weight excluding hydrogens is 204 g/mol. The van der Waals surface area contributed by atoms with Crippen LogP contribution in [0.25, 0.3) is 0 Å². The second-order valence-corrected chi connectivity index (χ2v) is 4.52. The molecule has 4 nitrogen and oxygen atoms in total. The highest BCUT2D eigenvalue weighted by atomic mass is 16.2. The molecule has 1 aliphatic carbocycles. The highest BCUT2D eigenvalue weighted by Crippen LogP contribution is 2.32. The number of carbonyl (C=O) groups excluding carboxylic acids is 2. The Kier molecular flexibility index (Phi) is 2.86. The molecule has 0 aromatic rings. The summed E-state index contributed by atoms with van der Waals surface area (Å²) in [4.78, 5) is 25.5. The van der Waals surface area contributed by atoms with Gasteiger partial charge in [0.1, 0.15) is 5.54 Å². The summed E-state index contributed by atoms with van der Waals surface area (Å²) in [6.07, 6.45) is 9.09. The highest BCUT2D eigenvalue weighted by molar-refractivity contribution is 5.93. The van der Waals surface area contributed by atoms with Gasteiger partial charge in [-0.2, -0.15) is 0 Å². The van der Waals surface area contributed by atoms with Crippen LogP contribution in [0.4, 0.5) is 0 Å². The number of nitrogens with one attached hydrogen (secondary N) is 1. The van der Waals surface area contributed by atoms with Crippen LogP contribution in [0, 0.1) is 12.3 Å². The first-order chi connectivity index (χ1) is 7.68. The number of carbonyl (C=O) groups is 2. The van der Waals surface area contributed by atoms with E-state index in [0.29, 0.717) is 19.5 Å². The summed E-state index contributed by atoms with van der Waals surface area (Å²) >= 11 is 0. The number of hydrogen-bond acceptors (Lipinski definition) is 2. The molecule has 0 radical (unpaired) electrons. The SMILES string of the molecule is C#CCN1CCC(=O)NC2(CCCC2)C1=O. The van der Waals surface area contributed by atoms with Crippen LogP contribution < -0.4 is 5.32 Å². The normalized spacial score (nSPS) is 24.1. The van der Waals surface area contributed by atoms with Gasteiger partial charge >= 0.3 is 0 Å². The lowest BCUT2D eigenvalue weighted by Gasteiger charge is -2.30. The maximum Gasteiger partial charge on any atom is 0.249 e. The van der Waals surface area contributed by atoms with Gasteiger partial charge in [0.2, 0.25) is 11.8 Å². The van der Waals surface area contributed by atoms with E-state index in [0.717, 1.165) is 25.7 Å². The first-order valence-electron chi connectivity index (χ1n) is 5.72. The summed E-state index contributed by atoms with van der Waals surface area (Å²) in [5.74, 6) is 2.46. The maximum atomic E-state index is 12.3. The molecule has 1 saturated heterocycles. The zero-order valence-electron chi connectivity index (χ0n) is 9.29. The van der Waals surface area contributed by atoms with Crippen LogP contribution in [0.3, 0.4) is 0 Å². The highest BCUT2D eigenvalue weighted by Gasteiger charge is 2.46. The van der Waals surface area contributed by atoms with Gasteiger partial charge in [-0.1, -0.05) is 18.8 Å². The van der Waals surface area contributed by atoms with E-state index in [2.05, 4.69) is 11.2 Å². The predicted octanol–water partition coefficient (Wildman–Crippen LogP) is 0.281. The van der Waals surface area contributed by atoms with Crippen LogP contribution in [0.5, 0.6) is 0 Å². The Morgan fingerprint density at radius 3 is 2.69 bits per heavy atom. The molecule has 0 aromatic carbocycles. The minimum atomic E-state index is -0.648. The summed E-state index contributed by atoms with van der Waals surface area (Å²) < 4.78 is 0. The number of nitrogens with zero attached hydrogens (tertiary/aromatic N) is 1. The van der Waals surface area contributed by atoms with Crippen molar-refractivity contribution in [2.45, 2.75) is 37.6 Å². The Hall–Kier alpha value is -1.50. The van der Waals surface area contributed by atoms with E-state index in [1.807, 2.05) is 0 Å². The molecule has 0 unspecified atom stereocenters. The fourth-order valence-corrected chi connectivity index (χ4v) is 2.60. The largest absolute Gasteiger partial charge is 0.342 e. The van der Waals surface area contributed by atoms with Crippen molar-refractivity contribution in [1.29, 1.82) is 0 Å². The van der Waals surface area contributed by atoms with Gasteiger partial charge in [0.15, 0.2) is 0 Å². The first kappa shape index (κ1) is 11.0. The molecule has 16 heavy (non-hydrogen) atoms. The van der Waals surface area contributed by atoms with Gasteiger partial charge in [0.05, 0.1) is 6.54 Å². The van der Waals surface area contributed by atoms with Crippen molar-refractivity contribution in [3.8, 4) is 12.3 Å². The van der Waals surface area contributed by atoms with Crippen LogP contribution in [0.15, 0.2) is 0 Å². The minimum Gasteiger partial charge on any atom is -0.342 e. The topological polar surface area (TPSA) is 49.4 Å². The van der Waals surface area contributed by atoms with E-state index >= 15 is 0 Å². The Morgan fingerprint density at radius 2 is 2.06 bits per heavy atom. The van der Waals surface area contributed by atoms with Crippen molar-refractivity contribution in [3.63, 3.8) is 0 Å². The Balaban J connectivity index is 2.25.